The largest absolute Gasteiger partial charge is 0.447 e. The highest BCUT2D eigenvalue weighted by molar-refractivity contribution is 7.15. The summed E-state index contributed by atoms with van der Waals surface area (Å²) in [6.45, 7) is 4.41. The van der Waals surface area contributed by atoms with Crippen LogP contribution in [0, 0.1) is 12.8 Å². The van der Waals surface area contributed by atoms with Gasteiger partial charge in [0.15, 0.2) is 0 Å². The molecule has 0 saturated heterocycles. The second-order valence-electron chi connectivity index (χ2n) is 17.7. The molecule has 29 heteroatoms. The third kappa shape index (κ3) is 13.1. The first-order valence-electron chi connectivity index (χ1n) is 24.1. The molecule has 8 aromatic rings. The molecule has 410 valence electrons. The molecule has 10 bridgehead atoms. The number of aryl methyl sites for hydroxylation is 1. The van der Waals surface area contributed by atoms with Crippen LogP contribution in [0.2, 0.25) is 0 Å². The number of aliphatic hydroxyl groups excluding tert-OH is 2. The van der Waals surface area contributed by atoms with Crippen molar-refractivity contribution in [1.82, 2.24) is 61.5 Å². The molecule has 6 amide bonds. The number of carbonyl (C=O) groups is 6. The third-order valence-electron chi connectivity index (χ3n) is 11.8. The minimum atomic E-state index is -1.28. The van der Waals surface area contributed by atoms with Crippen LogP contribution in [-0.2, 0) is 25.7 Å². The van der Waals surface area contributed by atoms with Crippen molar-refractivity contribution in [3.63, 3.8) is 0 Å². The molecular weight excluding hydrogens is 1140 g/mol. The summed E-state index contributed by atoms with van der Waals surface area (Å²) in [6, 6.07) is 9.44. The number of benzene rings is 1. The Morgan fingerprint density at radius 2 is 1.44 bits per heavy atom. The number of rotatable bonds is 11. The van der Waals surface area contributed by atoms with E-state index in [1.54, 1.807) is 70.9 Å². The van der Waals surface area contributed by atoms with Gasteiger partial charge in [0.05, 0.1) is 48.8 Å². The van der Waals surface area contributed by atoms with Gasteiger partial charge in [0.1, 0.15) is 88.8 Å². The van der Waals surface area contributed by atoms with Gasteiger partial charge in [-0.1, -0.05) is 44.2 Å². The molecule has 9 rings (SSSR count). The van der Waals surface area contributed by atoms with Crippen LogP contribution in [0.25, 0.3) is 43.4 Å². The van der Waals surface area contributed by atoms with E-state index in [0.717, 1.165) is 11.3 Å². The van der Waals surface area contributed by atoms with Crippen LogP contribution in [0.1, 0.15) is 106 Å². The van der Waals surface area contributed by atoms with E-state index >= 15 is 0 Å². The zero-order chi connectivity index (χ0) is 55.9. The first-order valence-corrected chi connectivity index (χ1v) is 29.2. The molecule has 1 aliphatic rings. The van der Waals surface area contributed by atoms with Crippen molar-refractivity contribution >= 4 is 109 Å². The fraction of sp³-hybridized carbons (Fsp3) is 0.300. The van der Waals surface area contributed by atoms with Gasteiger partial charge in [0.2, 0.25) is 11.8 Å². The Balaban J connectivity index is 1.13. The lowest BCUT2D eigenvalue weighted by Gasteiger charge is -2.23. The Bertz CT molecular complexity index is 3540. The van der Waals surface area contributed by atoms with E-state index in [1.807, 2.05) is 13.8 Å². The van der Waals surface area contributed by atoms with Gasteiger partial charge in [-0.05, 0) is 30.5 Å². The summed E-state index contributed by atoms with van der Waals surface area (Å²) in [7, 11) is 2.94. The molecule has 1 aromatic carbocycles. The zero-order valence-electron chi connectivity index (χ0n) is 42.5. The quantitative estimate of drug-likeness (QED) is 0.0656. The standard InChI is InChI=1S/C50H49N13O10S6/c1-22(2)35-49-63-38(31(79-49)17-72-5)42(69)52-16-34(66)60-39(40(67)24-9-7-6-8-10-24)48-57-30(20-76-48)46-55-28(18-75-46)37-25(11-12-26(53-37)45-58-32(21-77-45)59-50(71)73-14-13-64)44-56-29(19-74-44)41(68)54-27(15-33(65)51-4)47-62-36(23(3)78-47)43(70)61-35/h6-12,18-22,27,35,39-40,64,67H,13-17H2,1-5H3,(H,51,65)(H,52,69)(H,54,68)(H,59,71)(H,60,66)(H,61,70)/t27-,35+,39-,40-/m0/s1. The molecule has 0 radical (unpaired) electrons. The summed E-state index contributed by atoms with van der Waals surface area (Å²) in [6.07, 6.45) is -2.29. The summed E-state index contributed by atoms with van der Waals surface area (Å²) in [4.78, 5) is 116. The van der Waals surface area contributed by atoms with Crippen LogP contribution < -0.4 is 31.9 Å². The summed E-state index contributed by atoms with van der Waals surface area (Å²) in [5.41, 5.74) is 2.65. The monoisotopic (exact) mass is 1180 g/mol. The maximum atomic E-state index is 14.2. The average molecular weight is 1180 g/mol. The van der Waals surface area contributed by atoms with Crippen molar-refractivity contribution in [3.05, 3.63) is 111 Å². The van der Waals surface area contributed by atoms with E-state index in [9.17, 15) is 33.9 Å². The lowest BCUT2D eigenvalue weighted by molar-refractivity contribution is -0.122. The topological polar surface area (TPSA) is 324 Å². The molecule has 79 heavy (non-hydrogen) atoms. The predicted molar refractivity (Wildman–Crippen MR) is 299 cm³/mol. The molecule has 8 N–H and O–H groups in total. The minimum Gasteiger partial charge on any atom is -0.447 e. The van der Waals surface area contributed by atoms with Crippen molar-refractivity contribution < 1.29 is 48.5 Å². The molecule has 0 aliphatic carbocycles. The summed E-state index contributed by atoms with van der Waals surface area (Å²) in [5, 5.41) is 46.5. The van der Waals surface area contributed by atoms with Crippen LogP contribution in [0.3, 0.4) is 0 Å². The van der Waals surface area contributed by atoms with Crippen LogP contribution in [-0.4, -0.2) is 115 Å². The van der Waals surface area contributed by atoms with Crippen LogP contribution in [0.4, 0.5) is 10.6 Å². The van der Waals surface area contributed by atoms with Crippen molar-refractivity contribution in [2.24, 2.45) is 5.92 Å². The molecule has 8 heterocycles. The number of thiazole rings is 6. The molecule has 0 fully saturated rings. The molecular formula is C50H49N13O10S6. The van der Waals surface area contributed by atoms with E-state index in [2.05, 4.69) is 46.9 Å². The van der Waals surface area contributed by atoms with Gasteiger partial charge in [0, 0.05) is 46.1 Å². The van der Waals surface area contributed by atoms with Crippen LogP contribution in [0.5, 0.6) is 0 Å². The van der Waals surface area contributed by atoms with Gasteiger partial charge in [-0.15, -0.1) is 68.0 Å². The highest BCUT2D eigenvalue weighted by Crippen LogP contribution is 2.40. The first-order chi connectivity index (χ1) is 38.1. The summed E-state index contributed by atoms with van der Waals surface area (Å²) in [5.74, 6) is -2.94. The lowest BCUT2D eigenvalue weighted by atomic mass is 10.0. The second-order valence-corrected chi connectivity index (χ2v) is 23.5. The number of fused-ring (bicyclic) bond motifs is 14. The molecule has 1 aliphatic heterocycles. The fourth-order valence-electron chi connectivity index (χ4n) is 7.92. The van der Waals surface area contributed by atoms with Gasteiger partial charge in [-0.25, -0.2) is 39.7 Å². The number of ether oxygens (including phenoxy) is 2. The SMILES string of the molecule is CNC(=O)C[C@@H]1NC(=O)c2csc(n2)-c2ccc(-c3nc(NC(=O)OCCO)cs3)nc2-c2csc(n2)-c2csc(n2)[C@H]([C@@H](O)c2ccccc2)NC(=O)CNC(=O)c2nc(sc2COC)[C@@H](C(C)C)NC(=O)c2nc1sc2C. The number of methoxy groups -OCH3 is 1. The molecule has 0 spiro atoms. The van der Waals surface area contributed by atoms with Crippen molar-refractivity contribution in [2.45, 2.75) is 58.0 Å². The number of pyridine rings is 1. The normalized spacial score (nSPS) is 16.5. The van der Waals surface area contributed by atoms with E-state index in [0.29, 0.717) is 68.7 Å². The number of nitrogens with one attached hydrogen (secondary N) is 6. The highest BCUT2D eigenvalue weighted by Gasteiger charge is 2.33. The third-order valence-corrected chi connectivity index (χ3v) is 17.5. The molecule has 7 aromatic heterocycles. The molecule has 0 unspecified atom stereocenters. The van der Waals surface area contributed by atoms with Gasteiger partial charge in [-0.2, -0.15) is 0 Å². The smallest absolute Gasteiger partial charge is 0.412 e. The maximum Gasteiger partial charge on any atom is 0.412 e. The summed E-state index contributed by atoms with van der Waals surface area (Å²) >= 11 is 7.12. The van der Waals surface area contributed by atoms with E-state index in [4.69, 9.17) is 34.5 Å². The van der Waals surface area contributed by atoms with Gasteiger partial charge in [0.25, 0.3) is 17.7 Å². The molecule has 0 saturated carbocycles. The summed E-state index contributed by atoms with van der Waals surface area (Å²) < 4.78 is 10.4. The van der Waals surface area contributed by atoms with Gasteiger partial charge < -0.3 is 46.3 Å². The average Bonchev–Trinajstić information content (AvgIpc) is 4.35. The van der Waals surface area contributed by atoms with Crippen molar-refractivity contribution in [2.75, 3.05) is 39.2 Å². The fourth-order valence-corrected chi connectivity index (χ4v) is 13.4. The number of anilines is 1. The number of aromatic nitrogens is 7. The highest BCUT2D eigenvalue weighted by atomic mass is 32.1. The predicted octanol–water partition coefficient (Wildman–Crippen LogP) is 6.85. The van der Waals surface area contributed by atoms with Gasteiger partial charge >= 0.3 is 6.09 Å². The maximum absolute atomic E-state index is 14.2. The van der Waals surface area contributed by atoms with Crippen LogP contribution >= 0.6 is 68.0 Å². The number of hydrogen-bond donors (Lipinski definition) is 8. The molecule has 4 atom stereocenters. The van der Waals surface area contributed by atoms with E-state index in [1.165, 1.54) is 70.8 Å². The van der Waals surface area contributed by atoms with Crippen molar-refractivity contribution in [3.8, 4) is 43.4 Å². The van der Waals surface area contributed by atoms with Crippen molar-refractivity contribution in [1.29, 1.82) is 0 Å². The Hall–Kier alpha value is -7.35. The Morgan fingerprint density at radius 3 is 2.20 bits per heavy atom. The second kappa shape index (κ2) is 25.2. The number of aliphatic hydroxyl groups is 2. The minimum absolute atomic E-state index is 0.00259. The number of amides is 6. The number of hydrogen-bond acceptors (Lipinski definition) is 23. The zero-order valence-corrected chi connectivity index (χ0v) is 47.4. The number of carbonyl (C=O) groups excluding carboxylic acids is 6. The van der Waals surface area contributed by atoms with E-state index in [-0.39, 0.29) is 60.1 Å². The Labute approximate surface area is 474 Å². The Morgan fingerprint density at radius 1 is 0.722 bits per heavy atom. The first kappa shape index (κ1) is 56.4. The number of nitrogens with zero attached hydrogens (tertiary/aromatic N) is 7. The lowest BCUT2D eigenvalue weighted by Crippen LogP contribution is -2.40. The van der Waals surface area contributed by atoms with Crippen LogP contribution in [0.15, 0.2) is 64.0 Å². The Kier molecular flexibility index (Phi) is 18.0. The van der Waals surface area contributed by atoms with Gasteiger partial charge in [-0.3, -0.25) is 29.3 Å². The molecule has 23 nitrogen and oxygen atoms in total. The van der Waals surface area contributed by atoms with E-state index < -0.39 is 66.4 Å².